The highest BCUT2D eigenvalue weighted by Crippen LogP contribution is 2.31. The van der Waals surface area contributed by atoms with Gasteiger partial charge in [-0.25, -0.2) is 0 Å². The van der Waals surface area contributed by atoms with Gasteiger partial charge in [0.2, 0.25) is 11.7 Å². The van der Waals surface area contributed by atoms with Crippen LogP contribution in [0.15, 0.2) is 71.2 Å². The van der Waals surface area contributed by atoms with Gasteiger partial charge in [-0.3, -0.25) is 9.59 Å². The number of anilines is 2. The number of rotatable bonds is 6. The lowest BCUT2D eigenvalue weighted by molar-refractivity contribution is -0.137. The molecule has 3 aromatic carbocycles. The Hall–Kier alpha value is -4.52. The highest BCUT2D eigenvalue weighted by atomic mass is 79.9. The van der Waals surface area contributed by atoms with Crippen LogP contribution in [0, 0.1) is 0 Å². The first-order chi connectivity index (χ1) is 18.2. The van der Waals surface area contributed by atoms with Crippen molar-refractivity contribution in [2.45, 2.75) is 12.6 Å². The molecule has 9 nitrogen and oxygen atoms in total. The molecule has 0 spiro atoms. The number of aromatic nitrogens is 5. The molecule has 0 unspecified atom stereocenters. The van der Waals surface area contributed by atoms with Crippen LogP contribution in [0.3, 0.4) is 0 Å². The van der Waals surface area contributed by atoms with Crippen molar-refractivity contribution in [1.82, 2.24) is 25.6 Å². The number of fused-ring (bicyclic) bond motifs is 1. The minimum absolute atomic E-state index is 0.120. The van der Waals surface area contributed by atoms with Crippen LogP contribution in [0.1, 0.15) is 21.6 Å². The number of carbonyl (C=O) groups is 2. The van der Waals surface area contributed by atoms with Gasteiger partial charge in [0.05, 0.1) is 28.9 Å². The number of benzene rings is 3. The number of nitrogens with zero attached hydrogens (tertiary/aromatic N) is 3. The van der Waals surface area contributed by atoms with E-state index in [1.54, 1.807) is 42.5 Å². The van der Waals surface area contributed by atoms with Crippen LogP contribution in [0.2, 0.25) is 0 Å². The second-order valence-electron chi connectivity index (χ2n) is 8.25. The number of hydrogen-bond donors (Lipinski definition) is 4. The lowest BCUT2D eigenvalue weighted by Crippen LogP contribution is -2.15. The van der Waals surface area contributed by atoms with Gasteiger partial charge in [-0.05, 0) is 53.2 Å². The summed E-state index contributed by atoms with van der Waals surface area (Å²) in [7, 11) is 0. The molecule has 0 aliphatic heterocycles. The zero-order valence-corrected chi connectivity index (χ0v) is 20.8. The van der Waals surface area contributed by atoms with Crippen molar-refractivity contribution in [1.29, 1.82) is 0 Å². The molecule has 13 heteroatoms. The van der Waals surface area contributed by atoms with E-state index in [9.17, 15) is 22.8 Å². The normalized spacial score (nSPS) is 11.5. The Morgan fingerprint density at radius 3 is 2.45 bits per heavy atom. The summed E-state index contributed by atoms with van der Waals surface area (Å²) >= 11 is 3.39. The summed E-state index contributed by atoms with van der Waals surface area (Å²) in [6.07, 6.45) is -4.56. The summed E-state index contributed by atoms with van der Waals surface area (Å²) in [6.45, 7) is 0. The van der Waals surface area contributed by atoms with E-state index in [0.29, 0.717) is 39.2 Å². The number of hydrogen-bond acceptors (Lipinski definition) is 5. The monoisotopic (exact) mass is 583 g/mol. The molecular weight excluding hydrogens is 567 g/mol. The fourth-order valence-electron chi connectivity index (χ4n) is 3.85. The van der Waals surface area contributed by atoms with Gasteiger partial charge < -0.3 is 15.6 Å². The molecule has 0 aliphatic carbocycles. The fraction of sp³-hybridized carbons (Fsp3) is 0.0800. The summed E-state index contributed by atoms with van der Waals surface area (Å²) in [5.74, 6) is -0.552. The second-order valence-corrected chi connectivity index (χ2v) is 9.17. The molecular formula is C25H17BrF3N7O2. The van der Waals surface area contributed by atoms with E-state index in [4.69, 9.17) is 0 Å². The van der Waals surface area contributed by atoms with Crippen molar-refractivity contribution in [2.24, 2.45) is 0 Å². The van der Waals surface area contributed by atoms with Gasteiger partial charge in [-0.2, -0.15) is 18.4 Å². The summed E-state index contributed by atoms with van der Waals surface area (Å²) in [6, 6.07) is 16.4. The first kappa shape index (κ1) is 25.1. The quantitative estimate of drug-likeness (QED) is 0.208. The number of alkyl halides is 3. The molecule has 192 valence electrons. The molecule has 5 aromatic rings. The predicted molar refractivity (Wildman–Crippen MR) is 137 cm³/mol. The summed E-state index contributed by atoms with van der Waals surface area (Å²) in [5.41, 5.74) is 1.85. The van der Waals surface area contributed by atoms with Crippen molar-refractivity contribution in [3.05, 3.63) is 88.0 Å². The fourth-order valence-corrected chi connectivity index (χ4v) is 4.21. The average Bonchev–Trinajstić information content (AvgIpc) is 3.56. The highest BCUT2D eigenvalue weighted by Gasteiger charge is 2.30. The van der Waals surface area contributed by atoms with Gasteiger partial charge in [-0.1, -0.05) is 40.2 Å². The molecule has 4 N–H and O–H groups in total. The Labute approximate surface area is 221 Å². The van der Waals surface area contributed by atoms with E-state index in [1.807, 2.05) is 0 Å². The smallest absolute Gasteiger partial charge is 0.349 e. The molecule has 5 rings (SSSR count). The molecule has 38 heavy (non-hydrogen) atoms. The van der Waals surface area contributed by atoms with Crippen molar-refractivity contribution in [3.8, 4) is 11.4 Å². The predicted octanol–water partition coefficient (Wildman–Crippen LogP) is 5.56. The molecule has 0 atom stereocenters. The summed E-state index contributed by atoms with van der Waals surface area (Å²) in [4.78, 5) is 28.7. The zero-order valence-electron chi connectivity index (χ0n) is 19.2. The van der Waals surface area contributed by atoms with Crippen molar-refractivity contribution >= 4 is 50.0 Å². The number of para-hydroxylation sites is 1. The van der Waals surface area contributed by atoms with Gasteiger partial charge in [0.25, 0.3) is 5.91 Å². The van der Waals surface area contributed by atoms with Crippen molar-refractivity contribution in [2.75, 3.05) is 10.6 Å². The molecule has 2 heterocycles. The van der Waals surface area contributed by atoms with E-state index < -0.39 is 23.6 Å². The first-order valence-electron chi connectivity index (χ1n) is 11.1. The molecule has 2 aromatic heterocycles. The van der Waals surface area contributed by atoms with Gasteiger partial charge >= 0.3 is 6.18 Å². The number of nitrogens with one attached hydrogen (secondary N) is 4. The summed E-state index contributed by atoms with van der Waals surface area (Å²) in [5, 5.41) is 20.1. The Morgan fingerprint density at radius 1 is 0.947 bits per heavy atom. The third-order valence-corrected chi connectivity index (χ3v) is 6.13. The minimum Gasteiger partial charge on any atom is -0.349 e. The largest absolute Gasteiger partial charge is 0.416 e. The van der Waals surface area contributed by atoms with Crippen LogP contribution in [0.25, 0.3) is 22.3 Å². The maximum atomic E-state index is 13.1. The molecule has 2 amide bonds. The number of carbonyl (C=O) groups excluding carboxylic acids is 2. The van der Waals surface area contributed by atoms with Gasteiger partial charge in [-0.15, -0.1) is 10.2 Å². The summed E-state index contributed by atoms with van der Waals surface area (Å²) < 4.78 is 39.1. The van der Waals surface area contributed by atoms with Crippen molar-refractivity contribution in [3.63, 3.8) is 0 Å². The third-order valence-electron chi connectivity index (χ3n) is 5.64. The topological polar surface area (TPSA) is 128 Å². The van der Waals surface area contributed by atoms with E-state index >= 15 is 0 Å². The first-order valence-corrected chi connectivity index (χ1v) is 11.9. The molecule has 0 radical (unpaired) electrons. The van der Waals surface area contributed by atoms with Crippen LogP contribution < -0.4 is 10.6 Å². The van der Waals surface area contributed by atoms with Gasteiger partial charge in [0.1, 0.15) is 5.69 Å². The van der Waals surface area contributed by atoms with E-state index in [-0.39, 0.29) is 12.1 Å². The Balaban J connectivity index is 1.33. The van der Waals surface area contributed by atoms with E-state index in [0.717, 1.165) is 16.6 Å². The average molecular weight is 584 g/mol. The van der Waals surface area contributed by atoms with E-state index in [2.05, 4.69) is 52.2 Å². The maximum absolute atomic E-state index is 13.1. The van der Waals surface area contributed by atoms with Crippen LogP contribution in [0.5, 0.6) is 0 Å². The van der Waals surface area contributed by atoms with Gasteiger partial charge in [0, 0.05) is 15.4 Å². The Bertz CT molecular complexity index is 1630. The second kappa shape index (κ2) is 10.1. The lowest BCUT2D eigenvalue weighted by Gasteiger charge is -2.09. The maximum Gasteiger partial charge on any atom is 0.416 e. The molecule has 0 saturated carbocycles. The zero-order chi connectivity index (χ0) is 26.9. The lowest BCUT2D eigenvalue weighted by atomic mass is 10.1. The van der Waals surface area contributed by atoms with Crippen molar-refractivity contribution < 1.29 is 22.8 Å². The SMILES string of the molecule is O=C(Cc1ccc(C(F)(F)F)cc1)Nc1cccc2cc(C(=O)Nc3ccc(Br)cc3-c3nn[nH]n3)[nH]c12. The number of tetrazole rings is 1. The van der Waals surface area contributed by atoms with E-state index in [1.165, 1.54) is 12.1 Å². The van der Waals surface area contributed by atoms with Crippen LogP contribution in [-0.2, 0) is 17.4 Å². The third kappa shape index (κ3) is 5.42. The number of aromatic amines is 2. The Kier molecular flexibility index (Phi) is 6.68. The molecule has 0 fully saturated rings. The minimum atomic E-state index is -4.44. The standard InChI is InChI=1S/C25H17BrF3N7O2/c26-16-8-9-18(17(12-16)23-33-35-36-34-23)32-24(38)20-11-14-2-1-3-19(22(14)31-20)30-21(37)10-13-4-6-15(7-5-13)25(27,28)29/h1-9,11-12,31H,10H2,(H,30,37)(H,32,38)(H,33,34,35,36). The number of H-pyrrole nitrogens is 2. The number of amides is 2. The highest BCUT2D eigenvalue weighted by molar-refractivity contribution is 9.10. The molecule has 0 saturated heterocycles. The van der Waals surface area contributed by atoms with Crippen LogP contribution in [0.4, 0.5) is 24.5 Å². The Morgan fingerprint density at radius 2 is 1.74 bits per heavy atom. The van der Waals surface area contributed by atoms with Crippen LogP contribution in [-0.4, -0.2) is 37.4 Å². The van der Waals surface area contributed by atoms with Crippen LogP contribution >= 0.6 is 15.9 Å². The number of halogens is 4. The molecule has 0 bridgehead atoms. The molecule has 0 aliphatic rings. The van der Waals surface area contributed by atoms with Gasteiger partial charge in [0.15, 0.2) is 0 Å².